The van der Waals surface area contributed by atoms with E-state index in [0.29, 0.717) is 11.1 Å². The highest BCUT2D eigenvalue weighted by atomic mass is 16.5. The van der Waals surface area contributed by atoms with Crippen molar-refractivity contribution in [3.05, 3.63) is 71.3 Å². The number of hydrogen-bond acceptors (Lipinski definition) is 4. The second kappa shape index (κ2) is 8.69. The van der Waals surface area contributed by atoms with Crippen LogP contribution in [0.2, 0.25) is 0 Å². The van der Waals surface area contributed by atoms with Gasteiger partial charge in [-0.2, -0.15) is 0 Å². The van der Waals surface area contributed by atoms with Crippen molar-refractivity contribution in [1.29, 1.82) is 0 Å². The molecule has 146 valence electrons. The molecule has 28 heavy (non-hydrogen) atoms. The van der Waals surface area contributed by atoms with Crippen molar-refractivity contribution >= 4 is 17.8 Å². The number of benzene rings is 2. The summed E-state index contributed by atoms with van der Waals surface area (Å²) in [4.78, 5) is 37.5. The molecule has 1 saturated carbocycles. The van der Waals surface area contributed by atoms with E-state index in [2.05, 4.69) is 10.6 Å². The van der Waals surface area contributed by atoms with Gasteiger partial charge in [-0.1, -0.05) is 48.0 Å². The Bertz CT molecular complexity index is 862. The molecule has 0 saturated heterocycles. The van der Waals surface area contributed by atoms with E-state index in [0.717, 1.165) is 18.4 Å². The Morgan fingerprint density at radius 1 is 1.04 bits per heavy atom. The molecule has 0 aromatic heterocycles. The third-order valence-corrected chi connectivity index (χ3v) is 4.48. The molecule has 0 radical (unpaired) electrons. The molecule has 6 nitrogen and oxygen atoms in total. The second-order valence-corrected chi connectivity index (χ2v) is 7.08. The number of nitrogens with one attached hydrogen (secondary N) is 2. The van der Waals surface area contributed by atoms with E-state index in [9.17, 15) is 14.4 Å². The van der Waals surface area contributed by atoms with Gasteiger partial charge in [0.05, 0.1) is 0 Å². The van der Waals surface area contributed by atoms with Crippen LogP contribution >= 0.6 is 0 Å². The summed E-state index contributed by atoms with van der Waals surface area (Å²) >= 11 is 0. The lowest BCUT2D eigenvalue weighted by Gasteiger charge is -2.21. The van der Waals surface area contributed by atoms with Crippen LogP contribution < -0.4 is 10.6 Å². The van der Waals surface area contributed by atoms with E-state index >= 15 is 0 Å². The number of ether oxygens (including phenoxy) is 1. The molecule has 2 N–H and O–H groups in total. The highest BCUT2D eigenvalue weighted by Gasteiger charge is 2.32. The number of esters is 1. The van der Waals surface area contributed by atoms with Crippen LogP contribution in [0.25, 0.3) is 0 Å². The molecule has 2 aromatic rings. The molecule has 1 aliphatic carbocycles. The fourth-order valence-corrected chi connectivity index (χ4v) is 2.75. The molecule has 0 unspecified atom stereocenters. The molecule has 2 amide bonds. The fraction of sp³-hybridized carbons (Fsp3) is 0.318. The minimum Gasteiger partial charge on any atom is -0.446 e. The molecule has 3 rings (SSSR count). The van der Waals surface area contributed by atoms with Gasteiger partial charge in [0.2, 0.25) is 6.10 Å². The lowest BCUT2D eigenvalue weighted by Crippen LogP contribution is -2.42. The zero-order valence-electron chi connectivity index (χ0n) is 16.0. The average molecular weight is 380 g/mol. The number of amides is 2. The van der Waals surface area contributed by atoms with Gasteiger partial charge in [0.1, 0.15) is 6.04 Å². The summed E-state index contributed by atoms with van der Waals surface area (Å²) in [5, 5.41) is 5.49. The lowest BCUT2D eigenvalue weighted by atomic mass is 10.1. The van der Waals surface area contributed by atoms with E-state index in [4.69, 9.17) is 4.74 Å². The molecule has 1 fully saturated rings. The van der Waals surface area contributed by atoms with Gasteiger partial charge in [-0.25, -0.2) is 4.79 Å². The summed E-state index contributed by atoms with van der Waals surface area (Å²) in [5.74, 6) is -1.38. The average Bonchev–Trinajstić information content (AvgIpc) is 3.50. The Balaban J connectivity index is 1.66. The van der Waals surface area contributed by atoms with Crippen LogP contribution in [-0.2, 0) is 14.3 Å². The van der Waals surface area contributed by atoms with Crippen LogP contribution in [-0.4, -0.2) is 29.9 Å². The number of aryl methyl sites for hydroxylation is 1. The van der Waals surface area contributed by atoms with E-state index < -0.39 is 18.1 Å². The first-order valence-corrected chi connectivity index (χ1v) is 9.37. The first-order chi connectivity index (χ1) is 13.4. The maximum atomic E-state index is 12.6. The highest BCUT2D eigenvalue weighted by molar-refractivity contribution is 5.97. The lowest BCUT2D eigenvalue weighted by molar-refractivity contribution is -0.158. The van der Waals surface area contributed by atoms with Gasteiger partial charge in [-0.3, -0.25) is 9.59 Å². The Labute approximate surface area is 164 Å². The first kappa shape index (κ1) is 19.6. The molecular formula is C22H24N2O4. The molecule has 0 bridgehead atoms. The molecular weight excluding hydrogens is 356 g/mol. The molecule has 0 spiro atoms. The number of carbonyl (C=O) groups excluding carboxylic acids is 3. The Morgan fingerprint density at radius 2 is 1.75 bits per heavy atom. The molecule has 6 heteroatoms. The fourth-order valence-electron chi connectivity index (χ4n) is 2.75. The van der Waals surface area contributed by atoms with E-state index in [1.54, 1.807) is 42.5 Å². The van der Waals surface area contributed by atoms with Crippen molar-refractivity contribution in [2.24, 2.45) is 0 Å². The largest absolute Gasteiger partial charge is 0.446 e. The van der Waals surface area contributed by atoms with Crippen LogP contribution in [0.4, 0.5) is 0 Å². The van der Waals surface area contributed by atoms with Gasteiger partial charge >= 0.3 is 5.97 Å². The summed E-state index contributed by atoms with van der Waals surface area (Å²) < 4.78 is 5.48. The van der Waals surface area contributed by atoms with Crippen molar-refractivity contribution in [2.75, 3.05) is 0 Å². The Hall–Kier alpha value is -3.15. The smallest absolute Gasteiger partial charge is 0.329 e. The normalized spacial score (nSPS) is 15.2. The topological polar surface area (TPSA) is 84.5 Å². The first-order valence-electron chi connectivity index (χ1n) is 9.37. The van der Waals surface area contributed by atoms with Crippen molar-refractivity contribution < 1.29 is 19.1 Å². The summed E-state index contributed by atoms with van der Waals surface area (Å²) in [7, 11) is 0. The summed E-state index contributed by atoms with van der Waals surface area (Å²) in [6.45, 7) is 3.42. The molecule has 0 heterocycles. The summed E-state index contributed by atoms with van der Waals surface area (Å²) in [6.07, 6.45) is 0.821. The minimum atomic E-state index is -1.05. The van der Waals surface area contributed by atoms with Crippen LogP contribution in [0.5, 0.6) is 0 Å². The monoisotopic (exact) mass is 380 g/mol. The van der Waals surface area contributed by atoms with Gasteiger partial charge in [0, 0.05) is 17.2 Å². The molecule has 1 aliphatic rings. The van der Waals surface area contributed by atoms with Crippen molar-refractivity contribution in [3.63, 3.8) is 0 Å². The van der Waals surface area contributed by atoms with Gasteiger partial charge < -0.3 is 15.4 Å². The van der Waals surface area contributed by atoms with Gasteiger partial charge in [0.15, 0.2) is 0 Å². The zero-order valence-corrected chi connectivity index (χ0v) is 16.0. The van der Waals surface area contributed by atoms with Crippen LogP contribution in [0, 0.1) is 6.92 Å². The van der Waals surface area contributed by atoms with Crippen LogP contribution in [0.15, 0.2) is 54.6 Å². The minimum absolute atomic E-state index is 0.149. The van der Waals surface area contributed by atoms with E-state index in [1.807, 2.05) is 19.1 Å². The second-order valence-electron chi connectivity index (χ2n) is 7.08. The van der Waals surface area contributed by atoms with Crippen LogP contribution in [0.1, 0.15) is 47.4 Å². The molecule has 2 atom stereocenters. The maximum absolute atomic E-state index is 12.6. The van der Waals surface area contributed by atoms with Crippen molar-refractivity contribution in [2.45, 2.75) is 44.9 Å². The predicted octanol–water partition coefficient (Wildman–Crippen LogP) is 2.68. The number of carbonyl (C=O) groups is 3. The van der Waals surface area contributed by atoms with Gasteiger partial charge in [0.25, 0.3) is 11.8 Å². The zero-order chi connectivity index (χ0) is 20.1. The van der Waals surface area contributed by atoms with Gasteiger partial charge in [-0.05, 0) is 38.8 Å². The predicted molar refractivity (Wildman–Crippen MR) is 105 cm³/mol. The Kier molecular flexibility index (Phi) is 6.09. The molecule has 2 aromatic carbocycles. The summed E-state index contributed by atoms with van der Waals surface area (Å²) in [6, 6.07) is 15.2. The number of hydrogen-bond donors (Lipinski definition) is 2. The van der Waals surface area contributed by atoms with E-state index in [1.165, 1.54) is 6.92 Å². The van der Waals surface area contributed by atoms with Gasteiger partial charge in [-0.15, -0.1) is 0 Å². The summed E-state index contributed by atoms with van der Waals surface area (Å²) in [5.41, 5.74) is 2.00. The van der Waals surface area contributed by atoms with Crippen molar-refractivity contribution in [3.8, 4) is 0 Å². The third kappa shape index (κ3) is 5.19. The quantitative estimate of drug-likeness (QED) is 0.724. The SMILES string of the molecule is Cc1cccc(C(=O)N[C@@H](C)C(=O)O[C@H](C(=O)NC2CC2)c2ccccc2)c1. The maximum Gasteiger partial charge on any atom is 0.329 e. The van der Waals surface area contributed by atoms with Crippen molar-refractivity contribution in [1.82, 2.24) is 10.6 Å². The third-order valence-electron chi connectivity index (χ3n) is 4.48. The highest BCUT2D eigenvalue weighted by Crippen LogP contribution is 2.23. The van der Waals surface area contributed by atoms with Crippen LogP contribution in [0.3, 0.4) is 0 Å². The molecule has 0 aliphatic heterocycles. The number of rotatable bonds is 7. The van der Waals surface area contributed by atoms with E-state index in [-0.39, 0.29) is 17.9 Å². The standard InChI is InChI=1S/C22H24N2O4/c1-14-7-6-10-17(13-14)20(25)23-15(2)22(27)28-19(16-8-4-3-5-9-16)21(26)24-18-11-12-18/h3-10,13,15,18-19H,11-12H2,1-2H3,(H,23,25)(H,24,26)/t15-,19-/m0/s1. The Morgan fingerprint density at radius 3 is 2.39 bits per heavy atom.